The lowest BCUT2D eigenvalue weighted by Gasteiger charge is -2.19. The summed E-state index contributed by atoms with van der Waals surface area (Å²) in [7, 11) is -1.73. The molecule has 9 nitrogen and oxygen atoms in total. The second kappa shape index (κ2) is 8.75. The Morgan fingerprint density at radius 2 is 1.75 bits per heavy atom. The summed E-state index contributed by atoms with van der Waals surface area (Å²) < 4.78 is 57.7. The van der Waals surface area contributed by atoms with Crippen LogP contribution in [0.25, 0.3) is 11.0 Å². The molecule has 0 radical (unpaired) electrons. The van der Waals surface area contributed by atoms with Gasteiger partial charge in [0.2, 0.25) is 0 Å². The maximum Gasteiger partial charge on any atom is 0.416 e. The van der Waals surface area contributed by atoms with Crippen molar-refractivity contribution in [1.82, 2.24) is 15.2 Å². The number of imide groups is 1. The fourth-order valence-electron chi connectivity index (χ4n) is 3.70. The van der Waals surface area contributed by atoms with E-state index in [1.807, 2.05) is 0 Å². The number of aromatic amines is 1. The molecule has 0 bridgehead atoms. The molecule has 1 N–H and O–H groups in total. The fourth-order valence-corrected chi connectivity index (χ4v) is 4.28. The average Bonchev–Trinajstić information content (AvgIpc) is 3.42. The molecule has 4 aromatic rings. The second-order valence-corrected chi connectivity index (χ2v) is 9.22. The van der Waals surface area contributed by atoms with Crippen molar-refractivity contribution < 1.29 is 31.7 Å². The minimum Gasteiger partial charge on any atom is -0.456 e. The summed E-state index contributed by atoms with van der Waals surface area (Å²) in [4.78, 5) is 31.6. The number of ether oxygens (including phenoxy) is 1. The molecule has 2 aromatic heterocycles. The second-order valence-electron chi connectivity index (χ2n) is 7.84. The lowest BCUT2D eigenvalue weighted by atomic mass is 10.2. The molecule has 3 heterocycles. The van der Waals surface area contributed by atoms with Gasteiger partial charge in [0.25, 0.3) is 5.91 Å². The third-order valence-electron chi connectivity index (χ3n) is 5.42. The first-order chi connectivity index (χ1) is 17.1. The number of hydrogen-bond donors (Lipinski definition) is 1. The van der Waals surface area contributed by atoms with Crippen LogP contribution in [0.15, 0.2) is 65.8 Å². The van der Waals surface area contributed by atoms with Crippen molar-refractivity contribution in [3.63, 3.8) is 0 Å². The number of carbonyl (C=O) groups excluding carboxylic acids is 2. The number of aromatic nitrogens is 3. The predicted molar refractivity (Wildman–Crippen MR) is 124 cm³/mol. The van der Waals surface area contributed by atoms with Crippen LogP contribution in [0.4, 0.5) is 29.3 Å². The van der Waals surface area contributed by atoms with E-state index in [2.05, 4.69) is 15.2 Å². The van der Waals surface area contributed by atoms with Gasteiger partial charge in [0.05, 0.1) is 23.6 Å². The third-order valence-corrected chi connectivity index (χ3v) is 6.32. The topological polar surface area (TPSA) is 108 Å². The molecule has 36 heavy (non-hydrogen) atoms. The molecule has 1 fully saturated rings. The van der Waals surface area contributed by atoms with Crippen molar-refractivity contribution in [3.05, 3.63) is 66.5 Å². The first-order valence-electron chi connectivity index (χ1n) is 10.4. The van der Waals surface area contributed by atoms with Gasteiger partial charge < -0.3 is 4.74 Å². The molecule has 3 amide bonds. The highest BCUT2D eigenvalue weighted by atomic mass is 32.2. The van der Waals surface area contributed by atoms with E-state index >= 15 is 0 Å². The number of amides is 3. The summed E-state index contributed by atoms with van der Waals surface area (Å²) in [6.45, 7) is -0.468. The number of halogens is 3. The molecule has 1 unspecified atom stereocenters. The van der Waals surface area contributed by atoms with Crippen molar-refractivity contribution >= 4 is 45.1 Å². The molecular weight excluding hydrogens is 499 g/mol. The SMILES string of the molecule is CS(=O)c1cc(N2CC(=O)N(c3ccc(Oc4cnc5[nH]ncc5c4)cc3)C2=O)cc(C(F)(F)F)c1. The molecular formula is C23H16F3N5O4S. The molecule has 1 atom stereocenters. The predicted octanol–water partition coefficient (Wildman–Crippen LogP) is 4.48. The lowest BCUT2D eigenvalue weighted by molar-refractivity contribution is -0.137. The van der Waals surface area contributed by atoms with E-state index in [1.165, 1.54) is 30.7 Å². The maximum atomic E-state index is 13.4. The standard InChI is InChI=1S/C23H16F3N5O4S/c1-36(34)19-8-14(23(24,25)26)7-16(9-19)30-12-20(32)31(22(30)33)15-2-4-17(5-3-15)35-18-6-13-10-28-29-21(13)27-11-18/h2-11H,12H2,1H3,(H,27,28,29). The van der Waals surface area contributed by atoms with Gasteiger partial charge in [-0.25, -0.2) is 14.7 Å². The fraction of sp³-hybridized carbons (Fsp3) is 0.130. The van der Waals surface area contributed by atoms with Gasteiger partial charge in [-0.2, -0.15) is 18.3 Å². The number of nitrogens with one attached hydrogen (secondary N) is 1. The quantitative estimate of drug-likeness (QED) is 0.393. The van der Waals surface area contributed by atoms with Crippen molar-refractivity contribution in [2.45, 2.75) is 11.1 Å². The van der Waals surface area contributed by atoms with Crippen molar-refractivity contribution in [2.24, 2.45) is 0 Å². The molecule has 0 spiro atoms. The molecule has 0 saturated carbocycles. The highest BCUT2D eigenvalue weighted by molar-refractivity contribution is 7.84. The Kier molecular flexibility index (Phi) is 5.71. The Labute approximate surface area is 203 Å². The molecule has 1 aliphatic heterocycles. The van der Waals surface area contributed by atoms with Crippen molar-refractivity contribution in [3.8, 4) is 11.5 Å². The van der Waals surface area contributed by atoms with E-state index in [-0.39, 0.29) is 16.3 Å². The van der Waals surface area contributed by atoms with E-state index < -0.39 is 41.0 Å². The Hall–Kier alpha value is -4.26. The van der Waals surface area contributed by atoms with Gasteiger partial charge in [0, 0.05) is 33.0 Å². The van der Waals surface area contributed by atoms with Crippen molar-refractivity contribution in [2.75, 3.05) is 22.6 Å². The minimum atomic E-state index is -4.72. The number of anilines is 2. The average molecular weight is 515 g/mol. The molecule has 184 valence electrons. The Bertz CT molecular complexity index is 1520. The largest absolute Gasteiger partial charge is 0.456 e. The van der Waals surface area contributed by atoms with Gasteiger partial charge in [0.1, 0.15) is 18.0 Å². The number of alkyl halides is 3. The first-order valence-corrected chi connectivity index (χ1v) is 11.9. The normalized spacial score (nSPS) is 15.1. The smallest absolute Gasteiger partial charge is 0.416 e. The Morgan fingerprint density at radius 3 is 2.44 bits per heavy atom. The highest BCUT2D eigenvalue weighted by Crippen LogP contribution is 2.36. The third kappa shape index (κ3) is 4.40. The van der Waals surface area contributed by atoms with Crippen LogP contribution in [-0.4, -0.2) is 44.1 Å². The number of rotatable bonds is 5. The van der Waals surface area contributed by atoms with Crippen LogP contribution in [0.5, 0.6) is 11.5 Å². The van der Waals surface area contributed by atoms with E-state index in [9.17, 15) is 27.0 Å². The van der Waals surface area contributed by atoms with Crippen LogP contribution in [0.2, 0.25) is 0 Å². The summed E-state index contributed by atoms with van der Waals surface area (Å²) >= 11 is 0. The number of hydrogen-bond acceptors (Lipinski definition) is 6. The Balaban J connectivity index is 1.39. The van der Waals surface area contributed by atoms with Crippen LogP contribution in [0.3, 0.4) is 0 Å². The van der Waals surface area contributed by atoms with E-state index in [0.29, 0.717) is 17.1 Å². The summed E-state index contributed by atoms with van der Waals surface area (Å²) in [6, 6.07) is 9.69. The highest BCUT2D eigenvalue weighted by Gasteiger charge is 2.40. The van der Waals surface area contributed by atoms with Crippen LogP contribution >= 0.6 is 0 Å². The minimum absolute atomic E-state index is 0.108. The molecule has 13 heteroatoms. The van der Waals surface area contributed by atoms with E-state index in [1.54, 1.807) is 24.4 Å². The van der Waals surface area contributed by atoms with Gasteiger partial charge >= 0.3 is 12.2 Å². The molecule has 2 aromatic carbocycles. The van der Waals surface area contributed by atoms with Crippen LogP contribution in [0.1, 0.15) is 5.56 Å². The van der Waals surface area contributed by atoms with Gasteiger partial charge in [-0.15, -0.1) is 0 Å². The van der Waals surface area contributed by atoms with Gasteiger partial charge in [-0.05, 0) is 48.5 Å². The number of benzene rings is 2. The summed E-state index contributed by atoms with van der Waals surface area (Å²) in [5, 5.41) is 7.37. The number of H-pyrrole nitrogens is 1. The van der Waals surface area contributed by atoms with Gasteiger partial charge in [-0.3, -0.25) is 19.0 Å². The van der Waals surface area contributed by atoms with Crippen molar-refractivity contribution in [1.29, 1.82) is 0 Å². The number of nitrogens with zero attached hydrogens (tertiary/aromatic N) is 4. The van der Waals surface area contributed by atoms with Crippen LogP contribution in [0, 0.1) is 0 Å². The molecule has 1 aliphatic rings. The zero-order chi connectivity index (χ0) is 25.6. The monoisotopic (exact) mass is 515 g/mol. The lowest BCUT2D eigenvalue weighted by Crippen LogP contribution is -2.33. The number of urea groups is 1. The molecule has 0 aliphatic carbocycles. The maximum absolute atomic E-state index is 13.4. The number of carbonyl (C=O) groups is 2. The summed E-state index contributed by atoms with van der Waals surface area (Å²) in [5.41, 5.74) is -0.410. The zero-order valence-electron chi connectivity index (χ0n) is 18.4. The molecule has 1 saturated heterocycles. The van der Waals surface area contributed by atoms with Crippen LogP contribution in [-0.2, 0) is 21.8 Å². The zero-order valence-corrected chi connectivity index (χ0v) is 19.3. The first kappa shape index (κ1) is 23.5. The summed E-state index contributed by atoms with van der Waals surface area (Å²) in [5.74, 6) is 0.233. The number of fused-ring (bicyclic) bond motifs is 1. The van der Waals surface area contributed by atoms with E-state index in [4.69, 9.17) is 4.74 Å². The Morgan fingerprint density at radius 1 is 1.00 bits per heavy atom. The molecule has 5 rings (SSSR count). The van der Waals surface area contributed by atoms with Gasteiger partial charge in [0.15, 0.2) is 5.65 Å². The van der Waals surface area contributed by atoms with Crippen LogP contribution < -0.4 is 14.5 Å². The summed E-state index contributed by atoms with van der Waals surface area (Å²) in [6.07, 6.45) is -0.383. The van der Waals surface area contributed by atoms with Gasteiger partial charge in [-0.1, -0.05) is 0 Å². The number of pyridine rings is 1. The van der Waals surface area contributed by atoms with E-state index in [0.717, 1.165) is 27.3 Å².